The van der Waals surface area contributed by atoms with E-state index in [0.717, 1.165) is 25.1 Å². The molecule has 5 heteroatoms. The van der Waals surface area contributed by atoms with Crippen molar-refractivity contribution >= 4 is 5.91 Å². The number of amides is 1. The zero-order chi connectivity index (χ0) is 13.8. The smallest absolute Gasteiger partial charge is 0.254 e. The number of carbonyl (C=O) groups is 1. The van der Waals surface area contributed by atoms with Gasteiger partial charge in [-0.25, -0.2) is 0 Å². The quantitative estimate of drug-likeness (QED) is 0.783. The Morgan fingerprint density at radius 2 is 2.42 bits per heavy atom. The summed E-state index contributed by atoms with van der Waals surface area (Å²) in [5, 5.41) is 7.36. The highest BCUT2D eigenvalue weighted by molar-refractivity contribution is 5.95. The molecular weight excluding hydrogens is 240 g/mol. The summed E-state index contributed by atoms with van der Waals surface area (Å²) in [7, 11) is 0. The van der Waals surface area contributed by atoms with Crippen molar-refractivity contribution in [2.24, 2.45) is 11.7 Å². The van der Waals surface area contributed by atoms with Crippen molar-refractivity contribution in [3.05, 3.63) is 17.5 Å². The summed E-state index contributed by atoms with van der Waals surface area (Å²) in [6.45, 7) is 5.54. The van der Waals surface area contributed by atoms with Crippen LogP contribution in [0.5, 0.6) is 0 Å². The Morgan fingerprint density at radius 1 is 1.63 bits per heavy atom. The van der Waals surface area contributed by atoms with Gasteiger partial charge in [-0.3, -0.25) is 9.48 Å². The maximum Gasteiger partial charge on any atom is 0.254 e. The summed E-state index contributed by atoms with van der Waals surface area (Å²) in [6, 6.07) is 0.374. The molecule has 2 atom stereocenters. The second kappa shape index (κ2) is 6.19. The van der Waals surface area contributed by atoms with Gasteiger partial charge in [0.2, 0.25) is 0 Å². The third kappa shape index (κ3) is 3.35. The molecule has 0 spiro atoms. The average Bonchev–Trinajstić information content (AvgIpc) is 3.00. The fraction of sp³-hybridized carbons (Fsp3) is 0.714. The SMILES string of the molecule is CCCC1CC1NC(=O)c1cnn(CCCN)c1C. The molecule has 0 radical (unpaired) electrons. The first-order chi connectivity index (χ1) is 9.17. The molecule has 1 aromatic rings. The number of carbonyl (C=O) groups excluding carboxylic acids is 1. The van der Waals surface area contributed by atoms with E-state index in [1.807, 2.05) is 11.6 Å². The van der Waals surface area contributed by atoms with E-state index >= 15 is 0 Å². The second-order valence-corrected chi connectivity index (χ2v) is 5.37. The molecular formula is C14H24N4O. The Bertz CT molecular complexity index is 441. The van der Waals surface area contributed by atoms with Gasteiger partial charge < -0.3 is 11.1 Å². The van der Waals surface area contributed by atoms with Crippen LogP contribution in [0.25, 0.3) is 0 Å². The van der Waals surface area contributed by atoms with Crippen molar-refractivity contribution in [2.75, 3.05) is 6.54 Å². The molecule has 1 fully saturated rings. The predicted molar refractivity (Wildman–Crippen MR) is 74.9 cm³/mol. The lowest BCUT2D eigenvalue weighted by Crippen LogP contribution is -2.27. The molecule has 1 aromatic heterocycles. The number of hydrogen-bond donors (Lipinski definition) is 2. The van der Waals surface area contributed by atoms with Crippen LogP contribution >= 0.6 is 0 Å². The molecule has 0 aromatic carbocycles. The summed E-state index contributed by atoms with van der Waals surface area (Å²) in [6.07, 6.45) is 6.07. The minimum Gasteiger partial charge on any atom is -0.349 e. The summed E-state index contributed by atoms with van der Waals surface area (Å²) >= 11 is 0. The summed E-state index contributed by atoms with van der Waals surface area (Å²) in [4.78, 5) is 12.2. The van der Waals surface area contributed by atoms with Crippen LogP contribution < -0.4 is 11.1 Å². The van der Waals surface area contributed by atoms with Gasteiger partial charge in [0.1, 0.15) is 0 Å². The van der Waals surface area contributed by atoms with E-state index in [2.05, 4.69) is 17.3 Å². The number of rotatable bonds is 7. The molecule has 1 aliphatic carbocycles. The lowest BCUT2D eigenvalue weighted by Gasteiger charge is -2.06. The Kier molecular flexibility index (Phi) is 4.58. The van der Waals surface area contributed by atoms with Gasteiger partial charge in [-0.1, -0.05) is 13.3 Å². The number of nitrogens with two attached hydrogens (primary N) is 1. The number of nitrogens with zero attached hydrogens (tertiary/aromatic N) is 2. The molecule has 0 aliphatic heterocycles. The van der Waals surface area contributed by atoms with Gasteiger partial charge >= 0.3 is 0 Å². The monoisotopic (exact) mass is 264 g/mol. The van der Waals surface area contributed by atoms with Crippen LogP contribution in [0.2, 0.25) is 0 Å². The van der Waals surface area contributed by atoms with Crippen molar-refractivity contribution in [1.29, 1.82) is 0 Å². The van der Waals surface area contributed by atoms with E-state index in [1.165, 1.54) is 12.8 Å². The van der Waals surface area contributed by atoms with Crippen LogP contribution in [0.4, 0.5) is 0 Å². The lowest BCUT2D eigenvalue weighted by atomic mass is 10.2. The van der Waals surface area contributed by atoms with Crippen LogP contribution in [0, 0.1) is 12.8 Å². The highest BCUT2D eigenvalue weighted by Gasteiger charge is 2.37. The highest BCUT2D eigenvalue weighted by Crippen LogP contribution is 2.34. The summed E-state index contributed by atoms with van der Waals surface area (Å²) in [5.74, 6) is 0.696. The van der Waals surface area contributed by atoms with Crippen LogP contribution in [-0.4, -0.2) is 28.3 Å². The minimum absolute atomic E-state index is 0.0140. The van der Waals surface area contributed by atoms with Gasteiger partial charge in [0.05, 0.1) is 11.8 Å². The second-order valence-electron chi connectivity index (χ2n) is 5.37. The Balaban J connectivity index is 1.91. The first kappa shape index (κ1) is 14.1. The fourth-order valence-corrected chi connectivity index (χ4v) is 2.50. The van der Waals surface area contributed by atoms with Crippen molar-refractivity contribution in [3.63, 3.8) is 0 Å². The first-order valence-electron chi connectivity index (χ1n) is 7.20. The average molecular weight is 264 g/mol. The molecule has 2 rings (SSSR count). The molecule has 106 valence electrons. The van der Waals surface area contributed by atoms with Gasteiger partial charge in [0.25, 0.3) is 5.91 Å². The molecule has 0 saturated heterocycles. The maximum atomic E-state index is 12.2. The molecule has 5 nitrogen and oxygen atoms in total. The maximum absolute atomic E-state index is 12.2. The van der Waals surface area contributed by atoms with E-state index in [4.69, 9.17) is 5.73 Å². The van der Waals surface area contributed by atoms with Crippen molar-refractivity contribution < 1.29 is 4.79 Å². The van der Waals surface area contributed by atoms with Gasteiger partial charge in [0, 0.05) is 18.3 Å². The largest absolute Gasteiger partial charge is 0.349 e. The lowest BCUT2D eigenvalue weighted by molar-refractivity contribution is 0.0948. The van der Waals surface area contributed by atoms with Crippen molar-refractivity contribution in [3.8, 4) is 0 Å². The summed E-state index contributed by atoms with van der Waals surface area (Å²) < 4.78 is 1.86. The van der Waals surface area contributed by atoms with E-state index in [1.54, 1.807) is 6.20 Å². The molecule has 1 saturated carbocycles. The van der Waals surface area contributed by atoms with Crippen LogP contribution in [0.3, 0.4) is 0 Å². The van der Waals surface area contributed by atoms with Crippen molar-refractivity contribution in [2.45, 2.75) is 52.1 Å². The topological polar surface area (TPSA) is 72.9 Å². The molecule has 1 heterocycles. The standard InChI is InChI=1S/C14H24N4O/c1-3-5-11-8-13(11)17-14(19)12-9-16-18(10(12)2)7-4-6-15/h9,11,13H,3-8,15H2,1-2H3,(H,17,19). The van der Waals surface area contributed by atoms with Crippen molar-refractivity contribution in [1.82, 2.24) is 15.1 Å². The zero-order valence-electron chi connectivity index (χ0n) is 11.9. The Hall–Kier alpha value is -1.36. The summed E-state index contributed by atoms with van der Waals surface area (Å²) in [5.41, 5.74) is 7.11. The molecule has 3 N–H and O–H groups in total. The van der Waals surface area contributed by atoms with E-state index < -0.39 is 0 Å². The highest BCUT2D eigenvalue weighted by atomic mass is 16.1. The van der Waals surface area contributed by atoms with Gasteiger partial charge in [-0.2, -0.15) is 5.10 Å². The Labute approximate surface area is 114 Å². The molecule has 19 heavy (non-hydrogen) atoms. The molecule has 2 unspecified atom stereocenters. The predicted octanol–water partition coefficient (Wildman–Crippen LogP) is 1.46. The van der Waals surface area contributed by atoms with Crippen LogP contribution in [0.1, 0.15) is 48.7 Å². The Morgan fingerprint density at radius 3 is 3.11 bits per heavy atom. The zero-order valence-corrected chi connectivity index (χ0v) is 11.9. The fourth-order valence-electron chi connectivity index (χ4n) is 2.50. The molecule has 1 amide bonds. The van der Waals surface area contributed by atoms with Gasteiger partial charge in [0.15, 0.2) is 0 Å². The first-order valence-corrected chi connectivity index (χ1v) is 7.20. The number of aryl methyl sites for hydroxylation is 1. The van der Waals surface area contributed by atoms with E-state index in [9.17, 15) is 4.79 Å². The number of nitrogens with one attached hydrogen (secondary N) is 1. The molecule has 1 aliphatic rings. The van der Waals surface area contributed by atoms with E-state index in [-0.39, 0.29) is 5.91 Å². The third-order valence-corrected chi connectivity index (χ3v) is 3.82. The van der Waals surface area contributed by atoms with Gasteiger partial charge in [-0.15, -0.1) is 0 Å². The number of hydrogen-bond acceptors (Lipinski definition) is 3. The van der Waals surface area contributed by atoms with Gasteiger partial charge in [-0.05, 0) is 38.6 Å². The number of aromatic nitrogens is 2. The van der Waals surface area contributed by atoms with Crippen LogP contribution in [-0.2, 0) is 6.54 Å². The molecule has 0 bridgehead atoms. The third-order valence-electron chi connectivity index (χ3n) is 3.82. The van der Waals surface area contributed by atoms with Crippen LogP contribution in [0.15, 0.2) is 6.20 Å². The minimum atomic E-state index is 0.0140. The van der Waals surface area contributed by atoms with E-state index in [0.29, 0.717) is 24.1 Å². The normalized spacial score (nSPS) is 21.4.